The predicted molar refractivity (Wildman–Crippen MR) is 97.3 cm³/mol. The average Bonchev–Trinajstić information content (AvgIpc) is 2.65. The Morgan fingerprint density at radius 1 is 1.19 bits per heavy atom. The van der Waals surface area contributed by atoms with Gasteiger partial charge in [0, 0.05) is 18.7 Å². The number of carboxylic acid groups (broad SMARTS) is 1. The van der Waals surface area contributed by atoms with E-state index in [9.17, 15) is 29.7 Å². The van der Waals surface area contributed by atoms with Crippen molar-refractivity contribution >= 4 is 29.4 Å². The van der Waals surface area contributed by atoms with E-state index in [0.717, 1.165) is 6.08 Å². The van der Waals surface area contributed by atoms with Crippen LogP contribution in [0.25, 0.3) is 0 Å². The smallest absolute Gasteiger partial charge is 0.329 e. The van der Waals surface area contributed by atoms with Gasteiger partial charge in [-0.05, 0) is 18.2 Å². The number of hydrogen-bond donors (Lipinski definition) is 6. The average molecular weight is 409 g/mol. The van der Waals surface area contributed by atoms with Crippen molar-refractivity contribution in [2.75, 3.05) is 31.3 Å². The molecule has 0 aromatic rings. The Hall–Kier alpha value is -1.50. The number of aliphatic carboxylic acids is 1. The molecule has 0 aliphatic heterocycles. The summed E-state index contributed by atoms with van der Waals surface area (Å²) in [6, 6.07) is 0. The number of ketones is 1. The highest BCUT2D eigenvalue weighted by Crippen LogP contribution is 2.14. The van der Waals surface area contributed by atoms with Gasteiger partial charge in [0.25, 0.3) is 0 Å². The molecule has 0 aromatic heterocycles. The summed E-state index contributed by atoms with van der Waals surface area (Å²) in [5.74, 6) is -1.14. The number of aliphatic hydroxyl groups excluding tert-OH is 4. The van der Waals surface area contributed by atoms with Crippen LogP contribution >= 0.6 is 11.8 Å². The van der Waals surface area contributed by atoms with Crippen LogP contribution in [0.1, 0.15) is 12.8 Å². The minimum atomic E-state index is -1.85. The number of thioether (sulfide) groups is 1. The molecule has 0 fully saturated rings. The molecule has 0 saturated heterocycles. The molecule has 11 heteroatoms. The summed E-state index contributed by atoms with van der Waals surface area (Å²) in [6.45, 7) is 2.02. The van der Waals surface area contributed by atoms with Crippen LogP contribution in [-0.2, 0) is 19.1 Å². The minimum absolute atomic E-state index is 0.0535. The van der Waals surface area contributed by atoms with Gasteiger partial charge in [-0.2, -0.15) is 11.8 Å². The van der Waals surface area contributed by atoms with Crippen LogP contribution in [0.5, 0.6) is 0 Å². The molecule has 0 heterocycles. The standard InChI is InChI=1S/C16H27NO9S/c1-2-12(21)17-5-7-27-6-3-4-10(19)14(24)16(26-9-13(22)23)15(25)11(20)8-18/h2,11,14-16,18,20,24-25H,1,3-9H2,(H,17,21)(H,22,23)/t11-,14+,15+,16-/m1/s1. The minimum Gasteiger partial charge on any atom is -0.480 e. The molecule has 156 valence electrons. The molecule has 0 rings (SSSR count). The molecule has 0 aromatic carbocycles. The van der Waals surface area contributed by atoms with E-state index < -0.39 is 49.4 Å². The zero-order chi connectivity index (χ0) is 20.8. The molecule has 0 unspecified atom stereocenters. The number of nitrogens with one attached hydrogen (secondary N) is 1. The van der Waals surface area contributed by atoms with Gasteiger partial charge in [-0.3, -0.25) is 9.59 Å². The third-order valence-corrected chi connectivity index (χ3v) is 4.47. The van der Waals surface area contributed by atoms with Crippen molar-refractivity contribution in [1.29, 1.82) is 0 Å². The maximum absolute atomic E-state index is 12.1. The van der Waals surface area contributed by atoms with Crippen molar-refractivity contribution < 1.29 is 44.7 Å². The second-order valence-corrected chi connectivity index (χ2v) is 6.76. The van der Waals surface area contributed by atoms with Crippen molar-refractivity contribution in [1.82, 2.24) is 5.32 Å². The Morgan fingerprint density at radius 2 is 1.85 bits per heavy atom. The first-order valence-electron chi connectivity index (χ1n) is 8.23. The molecule has 0 bridgehead atoms. The van der Waals surface area contributed by atoms with Gasteiger partial charge in [-0.25, -0.2) is 4.79 Å². The molecule has 10 nitrogen and oxygen atoms in total. The number of aliphatic hydroxyl groups is 4. The fraction of sp³-hybridized carbons (Fsp3) is 0.688. The quantitative estimate of drug-likeness (QED) is 0.123. The first kappa shape index (κ1) is 25.5. The summed E-state index contributed by atoms with van der Waals surface area (Å²) in [6.07, 6.45) is -5.56. The van der Waals surface area contributed by atoms with E-state index in [1.165, 1.54) is 11.8 Å². The monoisotopic (exact) mass is 409 g/mol. The topological polar surface area (TPSA) is 174 Å². The first-order chi connectivity index (χ1) is 12.7. The van der Waals surface area contributed by atoms with E-state index in [-0.39, 0.29) is 12.3 Å². The molecule has 0 saturated carbocycles. The number of Topliss-reactive ketones (excluding diaryl/α,β-unsaturated/α-hetero) is 1. The van der Waals surface area contributed by atoms with E-state index in [2.05, 4.69) is 11.9 Å². The molecule has 0 radical (unpaired) electrons. The summed E-state index contributed by atoms with van der Waals surface area (Å²) in [7, 11) is 0. The Balaban J connectivity index is 4.37. The van der Waals surface area contributed by atoms with Gasteiger partial charge < -0.3 is 35.6 Å². The lowest BCUT2D eigenvalue weighted by Gasteiger charge is -2.28. The van der Waals surface area contributed by atoms with Gasteiger partial charge >= 0.3 is 5.97 Å². The van der Waals surface area contributed by atoms with E-state index in [0.29, 0.717) is 24.5 Å². The SMILES string of the molecule is C=CC(=O)NCCSCCCC(=O)[C@H](O)[C@@H](OCC(=O)O)[C@@H](O)[C@H](O)CO. The number of carboxylic acids is 1. The van der Waals surface area contributed by atoms with E-state index in [1.54, 1.807) is 0 Å². The maximum atomic E-state index is 12.1. The summed E-state index contributed by atoms with van der Waals surface area (Å²) in [5.41, 5.74) is 0. The highest BCUT2D eigenvalue weighted by atomic mass is 32.2. The number of carbonyl (C=O) groups is 3. The van der Waals surface area contributed by atoms with Crippen LogP contribution in [0.4, 0.5) is 0 Å². The lowest BCUT2D eigenvalue weighted by Crippen LogP contribution is -2.50. The second-order valence-electron chi connectivity index (χ2n) is 5.53. The summed E-state index contributed by atoms with van der Waals surface area (Å²) < 4.78 is 4.82. The van der Waals surface area contributed by atoms with Gasteiger partial charge in [0.15, 0.2) is 5.78 Å². The summed E-state index contributed by atoms with van der Waals surface area (Å²) in [4.78, 5) is 33.6. The van der Waals surface area contributed by atoms with E-state index in [1.807, 2.05) is 0 Å². The molecule has 27 heavy (non-hydrogen) atoms. The lowest BCUT2D eigenvalue weighted by atomic mass is 9.98. The van der Waals surface area contributed by atoms with Crippen LogP contribution < -0.4 is 5.32 Å². The number of hydrogen-bond acceptors (Lipinski definition) is 9. The van der Waals surface area contributed by atoms with Crippen LogP contribution in [-0.4, -0.2) is 98.9 Å². The molecule has 0 spiro atoms. The summed E-state index contributed by atoms with van der Waals surface area (Å²) in [5, 5.41) is 49.5. The highest BCUT2D eigenvalue weighted by molar-refractivity contribution is 7.99. The van der Waals surface area contributed by atoms with Crippen LogP contribution in [0.2, 0.25) is 0 Å². The van der Waals surface area contributed by atoms with E-state index in [4.69, 9.17) is 14.9 Å². The van der Waals surface area contributed by atoms with Crippen molar-refractivity contribution in [3.05, 3.63) is 12.7 Å². The van der Waals surface area contributed by atoms with Crippen LogP contribution in [0.15, 0.2) is 12.7 Å². The Bertz CT molecular complexity index is 489. The first-order valence-corrected chi connectivity index (χ1v) is 9.39. The van der Waals surface area contributed by atoms with Gasteiger partial charge in [-0.1, -0.05) is 6.58 Å². The van der Waals surface area contributed by atoms with Crippen molar-refractivity contribution in [2.45, 2.75) is 37.3 Å². The molecule has 0 aliphatic carbocycles. The Morgan fingerprint density at radius 3 is 2.41 bits per heavy atom. The highest BCUT2D eigenvalue weighted by Gasteiger charge is 2.36. The van der Waals surface area contributed by atoms with Crippen molar-refractivity contribution in [3.8, 4) is 0 Å². The number of carbonyl (C=O) groups excluding carboxylic acids is 2. The zero-order valence-corrected chi connectivity index (χ0v) is 15.6. The number of amides is 1. The van der Waals surface area contributed by atoms with Gasteiger partial charge in [0.05, 0.1) is 6.61 Å². The van der Waals surface area contributed by atoms with Crippen LogP contribution in [0, 0.1) is 0 Å². The van der Waals surface area contributed by atoms with Gasteiger partial charge in [-0.15, -0.1) is 0 Å². The number of ether oxygens (including phenoxy) is 1. The Kier molecular flexibility index (Phi) is 13.7. The maximum Gasteiger partial charge on any atom is 0.329 e. The molecular weight excluding hydrogens is 382 g/mol. The fourth-order valence-electron chi connectivity index (χ4n) is 1.97. The normalized spacial score (nSPS) is 15.4. The second kappa shape index (κ2) is 14.5. The van der Waals surface area contributed by atoms with Crippen LogP contribution in [0.3, 0.4) is 0 Å². The number of rotatable bonds is 16. The van der Waals surface area contributed by atoms with Crippen molar-refractivity contribution in [3.63, 3.8) is 0 Å². The van der Waals surface area contributed by atoms with E-state index >= 15 is 0 Å². The third kappa shape index (κ3) is 11.1. The lowest BCUT2D eigenvalue weighted by molar-refractivity contribution is -0.169. The zero-order valence-electron chi connectivity index (χ0n) is 14.8. The fourth-order valence-corrected chi connectivity index (χ4v) is 2.77. The Labute approximate surface area is 161 Å². The summed E-state index contributed by atoms with van der Waals surface area (Å²) >= 11 is 1.48. The molecular formula is C16H27NO9S. The van der Waals surface area contributed by atoms with Gasteiger partial charge in [0.1, 0.15) is 31.0 Å². The predicted octanol–water partition coefficient (Wildman–Crippen LogP) is -2.08. The van der Waals surface area contributed by atoms with Gasteiger partial charge in [0.2, 0.25) is 5.91 Å². The largest absolute Gasteiger partial charge is 0.480 e. The van der Waals surface area contributed by atoms with Crippen molar-refractivity contribution in [2.24, 2.45) is 0 Å². The third-order valence-electron chi connectivity index (χ3n) is 3.40. The molecule has 6 N–H and O–H groups in total. The molecule has 0 aliphatic rings. The molecule has 1 amide bonds. The molecule has 4 atom stereocenters.